The second-order valence-corrected chi connectivity index (χ2v) is 8.89. The number of quaternary nitrogens is 1. The molecule has 1 amide bonds. The highest BCUT2D eigenvalue weighted by Crippen LogP contribution is 2.40. The van der Waals surface area contributed by atoms with Crippen LogP contribution in [0.2, 0.25) is 0 Å². The molecule has 154 valence electrons. The molecule has 2 saturated heterocycles. The minimum Gasteiger partial charge on any atom is -0.378 e. The maximum absolute atomic E-state index is 12.2. The smallest absolute Gasteiger partial charge is 0.301 e. The fourth-order valence-corrected chi connectivity index (χ4v) is 5.07. The number of nitrogens with one attached hydrogen (secondary N) is 2. The van der Waals surface area contributed by atoms with Crippen LogP contribution < -0.4 is 10.6 Å². The Balaban J connectivity index is 1.33. The summed E-state index contributed by atoms with van der Waals surface area (Å²) in [5.74, 6) is 1.31. The van der Waals surface area contributed by atoms with E-state index in [2.05, 4.69) is 20.6 Å². The Morgan fingerprint density at radius 1 is 1.27 bits per heavy atom. The van der Waals surface area contributed by atoms with Crippen LogP contribution in [-0.4, -0.2) is 58.9 Å². The van der Waals surface area contributed by atoms with Crippen LogP contribution in [0.15, 0.2) is 45.7 Å². The first-order chi connectivity index (χ1) is 14.5. The molecule has 0 aromatic heterocycles. The molecule has 2 N–H and O–H groups in total. The number of rotatable bonds is 2. The zero-order valence-electron chi connectivity index (χ0n) is 17.0. The van der Waals surface area contributed by atoms with Crippen molar-refractivity contribution in [3.8, 4) is 0 Å². The van der Waals surface area contributed by atoms with E-state index in [0.717, 1.165) is 35.6 Å². The normalized spacial score (nSPS) is 33.1. The number of nitrogens with zero attached hydrogens (tertiary/aromatic N) is 5. The first-order valence-electron chi connectivity index (χ1n) is 10.4. The summed E-state index contributed by atoms with van der Waals surface area (Å²) in [4.78, 5) is 21.3. The van der Waals surface area contributed by atoms with Gasteiger partial charge in [0.2, 0.25) is 5.91 Å². The maximum atomic E-state index is 12.2. The standard InChI is InChI=1S/C21H23N7O2/c1-21(2)16-6-3-13(9-17(16)24-19(21)29)23-20-25-18-10-22-7-8-28(18,26-20)27-14-4-5-15(27)12-30-11-14/h3,6-10,14-15H,4-5,11-12H2,1-2H3,(H-,23,24,26,29)/p+1. The first kappa shape index (κ1) is 17.9. The van der Waals surface area contributed by atoms with Crippen molar-refractivity contribution in [3.05, 3.63) is 36.2 Å². The van der Waals surface area contributed by atoms with Crippen molar-refractivity contribution < 1.29 is 14.2 Å². The molecule has 3 unspecified atom stereocenters. The fraction of sp³-hybridized carbons (Fsp3) is 0.429. The number of morpholine rings is 1. The van der Waals surface area contributed by atoms with E-state index >= 15 is 0 Å². The number of hydrogen-bond acceptors (Lipinski definition) is 7. The molecule has 30 heavy (non-hydrogen) atoms. The molecule has 0 aliphatic carbocycles. The molecule has 0 radical (unpaired) electrons. The Hall–Kier alpha value is -2.88. The fourth-order valence-electron chi connectivity index (χ4n) is 5.07. The summed E-state index contributed by atoms with van der Waals surface area (Å²) in [5, 5.41) is 13.7. The number of benzene rings is 1. The van der Waals surface area contributed by atoms with Crippen LogP contribution in [0.25, 0.3) is 0 Å². The van der Waals surface area contributed by atoms with Crippen molar-refractivity contribution in [2.75, 3.05) is 23.8 Å². The molecular formula is C21H24N7O2+. The number of fused-ring (bicyclic) bond motifs is 5. The summed E-state index contributed by atoms with van der Waals surface area (Å²) in [6.07, 6.45) is 7.74. The summed E-state index contributed by atoms with van der Waals surface area (Å²) in [5.41, 5.74) is 2.14. The summed E-state index contributed by atoms with van der Waals surface area (Å²) in [7, 11) is 0. The number of amidine groups is 1. The monoisotopic (exact) mass is 406 g/mol. The van der Waals surface area contributed by atoms with Crippen molar-refractivity contribution >= 4 is 35.3 Å². The lowest BCUT2D eigenvalue weighted by atomic mass is 9.86. The molecule has 0 spiro atoms. The van der Waals surface area contributed by atoms with Crippen LogP contribution in [0, 0.1) is 0 Å². The Morgan fingerprint density at radius 3 is 2.87 bits per heavy atom. The van der Waals surface area contributed by atoms with E-state index in [0.29, 0.717) is 31.3 Å². The second-order valence-electron chi connectivity index (χ2n) is 8.89. The van der Waals surface area contributed by atoms with Gasteiger partial charge in [-0.1, -0.05) is 6.07 Å². The number of ether oxygens (including phenoxy) is 1. The van der Waals surface area contributed by atoms with E-state index < -0.39 is 5.41 Å². The Labute approximate surface area is 174 Å². The molecule has 1 aromatic carbocycles. The molecule has 2 bridgehead atoms. The van der Waals surface area contributed by atoms with Crippen molar-refractivity contribution in [1.29, 1.82) is 0 Å². The number of carbonyl (C=O) groups is 1. The predicted octanol–water partition coefficient (Wildman–Crippen LogP) is 2.16. The van der Waals surface area contributed by atoms with Gasteiger partial charge in [-0.15, -0.1) is 10.0 Å². The second kappa shape index (κ2) is 6.07. The third-order valence-corrected chi connectivity index (χ3v) is 6.67. The highest BCUT2D eigenvalue weighted by atomic mass is 16.5. The molecule has 9 nitrogen and oxygen atoms in total. The Kier molecular flexibility index (Phi) is 3.63. The van der Waals surface area contributed by atoms with E-state index in [1.807, 2.05) is 38.2 Å². The number of amides is 1. The van der Waals surface area contributed by atoms with E-state index in [1.54, 1.807) is 12.4 Å². The first-order valence-corrected chi connectivity index (χ1v) is 10.4. The number of anilines is 2. The SMILES string of the molecule is CC1(C)C(=O)Nc2cc(NC3=N[N+]4(N5C6CCC5COC6)C=CN=CC4=N3)ccc21. The molecule has 9 heteroatoms. The van der Waals surface area contributed by atoms with Gasteiger partial charge in [-0.2, -0.15) is 0 Å². The summed E-state index contributed by atoms with van der Waals surface area (Å²) < 4.78 is 5.97. The average molecular weight is 406 g/mol. The highest BCUT2D eigenvalue weighted by Gasteiger charge is 2.56. The van der Waals surface area contributed by atoms with Crippen LogP contribution in [0.5, 0.6) is 0 Å². The van der Waals surface area contributed by atoms with Crippen LogP contribution in [0.3, 0.4) is 0 Å². The van der Waals surface area contributed by atoms with Gasteiger partial charge >= 0.3 is 5.84 Å². The lowest BCUT2D eigenvalue weighted by Crippen LogP contribution is -2.64. The molecule has 6 rings (SSSR count). The van der Waals surface area contributed by atoms with Crippen LogP contribution in [0.4, 0.5) is 11.4 Å². The lowest BCUT2D eigenvalue weighted by molar-refractivity contribution is -0.926. The van der Waals surface area contributed by atoms with Crippen LogP contribution in [-0.2, 0) is 14.9 Å². The quantitative estimate of drug-likeness (QED) is 0.737. The predicted molar refractivity (Wildman–Crippen MR) is 114 cm³/mol. The minimum absolute atomic E-state index is 0.0129. The lowest BCUT2D eigenvalue weighted by Gasteiger charge is -2.41. The summed E-state index contributed by atoms with van der Waals surface area (Å²) >= 11 is 0. The minimum atomic E-state index is -0.522. The van der Waals surface area contributed by atoms with Crippen molar-refractivity contribution in [1.82, 2.24) is 5.01 Å². The molecule has 5 aliphatic heterocycles. The van der Waals surface area contributed by atoms with Gasteiger partial charge in [0.05, 0.1) is 36.9 Å². The zero-order valence-corrected chi connectivity index (χ0v) is 17.0. The van der Waals surface area contributed by atoms with Gasteiger partial charge in [0.15, 0.2) is 6.20 Å². The largest absolute Gasteiger partial charge is 0.378 e. The Morgan fingerprint density at radius 2 is 2.07 bits per heavy atom. The van der Waals surface area contributed by atoms with Gasteiger partial charge in [-0.05, 0) is 54.2 Å². The summed E-state index contributed by atoms with van der Waals surface area (Å²) in [6, 6.07) is 6.51. The van der Waals surface area contributed by atoms with Crippen molar-refractivity contribution in [3.63, 3.8) is 0 Å². The van der Waals surface area contributed by atoms with Gasteiger partial charge in [-0.3, -0.25) is 9.79 Å². The third-order valence-electron chi connectivity index (χ3n) is 6.67. The number of hydrogen-bond donors (Lipinski definition) is 2. The van der Waals surface area contributed by atoms with Crippen LogP contribution in [0.1, 0.15) is 32.3 Å². The molecule has 5 heterocycles. The van der Waals surface area contributed by atoms with Gasteiger partial charge in [-0.25, -0.2) is 0 Å². The highest BCUT2D eigenvalue weighted by molar-refractivity contribution is 6.30. The third kappa shape index (κ3) is 2.39. The molecular weight excluding hydrogens is 382 g/mol. The number of carbonyl (C=O) groups excluding carboxylic acids is 1. The van der Waals surface area contributed by atoms with Gasteiger partial charge in [0.1, 0.15) is 6.21 Å². The van der Waals surface area contributed by atoms with Gasteiger partial charge in [0.25, 0.3) is 5.96 Å². The maximum Gasteiger partial charge on any atom is 0.301 e. The molecule has 3 atom stereocenters. The van der Waals surface area contributed by atoms with E-state index in [9.17, 15) is 4.79 Å². The molecule has 1 aromatic rings. The van der Waals surface area contributed by atoms with Gasteiger partial charge in [0, 0.05) is 11.4 Å². The number of aliphatic imine (C=N–C) groups is 2. The van der Waals surface area contributed by atoms with E-state index in [-0.39, 0.29) is 10.6 Å². The zero-order chi connectivity index (χ0) is 20.5. The topological polar surface area (TPSA) is 90.7 Å². The summed E-state index contributed by atoms with van der Waals surface area (Å²) in [6.45, 7) is 5.30. The van der Waals surface area contributed by atoms with Gasteiger partial charge < -0.3 is 15.4 Å². The number of guanidine groups is 1. The average Bonchev–Trinajstić information content (AvgIpc) is 3.29. The van der Waals surface area contributed by atoms with E-state index in [1.165, 1.54) is 0 Å². The van der Waals surface area contributed by atoms with E-state index in [4.69, 9.17) is 14.8 Å². The van der Waals surface area contributed by atoms with Crippen molar-refractivity contribution in [2.24, 2.45) is 15.1 Å². The Bertz CT molecular complexity index is 1060. The molecule has 2 fully saturated rings. The van der Waals surface area contributed by atoms with Crippen molar-refractivity contribution in [2.45, 2.75) is 44.2 Å². The molecule has 5 aliphatic rings. The van der Waals surface area contributed by atoms with Crippen LogP contribution >= 0.6 is 0 Å². The molecule has 0 saturated carbocycles.